The van der Waals surface area contributed by atoms with Gasteiger partial charge in [-0.15, -0.1) is 0 Å². The van der Waals surface area contributed by atoms with Crippen LogP contribution in [0.15, 0.2) is 12.2 Å². The Kier molecular flexibility index (Phi) is 35.7. The van der Waals surface area contributed by atoms with Crippen LogP contribution in [-0.2, 0) is 14.9 Å². The van der Waals surface area contributed by atoms with Gasteiger partial charge in [0.05, 0.1) is 17.9 Å². The van der Waals surface area contributed by atoms with Gasteiger partial charge in [0.2, 0.25) is 5.91 Å². The molecule has 0 aromatic rings. The number of hydrogen-bond acceptors (Lipinski definition) is 5. The van der Waals surface area contributed by atoms with E-state index in [1.165, 1.54) is 167 Å². The molecule has 0 aromatic heterocycles. The molecule has 0 aliphatic carbocycles. The van der Waals surface area contributed by atoms with Crippen LogP contribution in [0.5, 0.6) is 0 Å². The largest absolute Gasteiger partial charge is 0.387 e. The lowest BCUT2D eigenvalue weighted by molar-refractivity contribution is -0.130. The normalized spacial score (nSPS) is 13.9. The van der Waals surface area contributed by atoms with Crippen LogP contribution >= 0.6 is 0 Å². The van der Waals surface area contributed by atoms with Gasteiger partial charge < -0.3 is 15.5 Å². The van der Waals surface area contributed by atoms with Crippen LogP contribution in [0.4, 0.5) is 0 Å². The number of unbranched alkanes of at least 4 members (excludes halogenated alkanes) is 30. The van der Waals surface area contributed by atoms with Gasteiger partial charge in [0.15, 0.2) is 0 Å². The van der Waals surface area contributed by atoms with E-state index in [-0.39, 0.29) is 6.42 Å². The van der Waals surface area contributed by atoms with E-state index in [2.05, 4.69) is 19.2 Å². The maximum Gasteiger partial charge on any atom is 0.267 e. The van der Waals surface area contributed by atoms with E-state index >= 15 is 0 Å². The molecule has 0 aliphatic heterocycles. The third-order valence-corrected chi connectivity index (χ3v) is 10.9. The summed E-state index contributed by atoms with van der Waals surface area (Å²) in [6.07, 6.45) is 41.2. The number of hydrogen-bond donors (Lipinski definition) is 4. The molecule has 4 N–H and O–H groups in total. The van der Waals surface area contributed by atoms with Gasteiger partial charge in [-0.2, -0.15) is 8.42 Å². The maximum absolute atomic E-state index is 12.6. The monoisotopic (exact) mass is 730 g/mol. The fourth-order valence-corrected chi connectivity index (χ4v) is 7.49. The molecule has 0 saturated heterocycles. The summed E-state index contributed by atoms with van der Waals surface area (Å²) in [5, 5.41) is 23.4. The van der Waals surface area contributed by atoms with Crippen LogP contribution in [-0.4, -0.2) is 53.1 Å². The number of carbonyl (C=O) groups excluding carboxylic acids is 1. The van der Waals surface area contributed by atoms with Gasteiger partial charge in [0.25, 0.3) is 10.1 Å². The number of amides is 1. The minimum absolute atomic E-state index is 0.285. The molecule has 0 heterocycles. The first kappa shape index (κ1) is 49.0. The molecule has 7 nitrogen and oxygen atoms in total. The van der Waals surface area contributed by atoms with Crippen LogP contribution in [0.2, 0.25) is 0 Å². The van der Waals surface area contributed by atoms with Crippen molar-refractivity contribution in [3.63, 3.8) is 0 Å². The first-order valence-corrected chi connectivity index (χ1v) is 23.1. The summed E-state index contributed by atoms with van der Waals surface area (Å²) in [4.78, 5) is 12.6. The molecular formula is C42H83NO6S. The fourth-order valence-electron chi connectivity index (χ4n) is 6.75. The predicted molar refractivity (Wildman–Crippen MR) is 213 cm³/mol. The van der Waals surface area contributed by atoms with E-state index in [9.17, 15) is 28.0 Å². The first-order valence-electron chi connectivity index (χ1n) is 21.5. The molecule has 0 radical (unpaired) electrons. The molecule has 0 spiro atoms. The van der Waals surface area contributed by atoms with Gasteiger partial charge in [-0.05, 0) is 19.3 Å². The minimum Gasteiger partial charge on any atom is -0.387 e. The summed E-state index contributed by atoms with van der Waals surface area (Å²) >= 11 is 0. The summed E-state index contributed by atoms with van der Waals surface area (Å²) < 4.78 is 32.5. The van der Waals surface area contributed by atoms with E-state index in [0.29, 0.717) is 6.42 Å². The molecule has 0 bridgehead atoms. The number of allylic oxidation sites excluding steroid dienone is 1. The Morgan fingerprint density at radius 2 is 0.860 bits per heavy atom. The molecule has 3 atom stereocenters. The zero-order valence-corrected chi connectivity index (χ0v) is 33.7. The smallest absolute Gasteiger partial charge is 0.267 e. The summed E-state index contributed by atoms with van der Waals surface area (Å²) in [5.41, 5.74) is 0. The van der Waals surface area contributed by atoms with Gasteiger partial charge in [-0.3, -0.25) is 9.35 Å². The van der Waals surface area contributed by atoms with Gasteiger partial charge in [-0.25, -0.2) is 0 Å². The van der Waals surface area contributed by atoms with Gasteiger partial charge in [0.1, 0.15) is 6.10 Å². The van der Waals surface area contributed by atoms with Crippen LogP contribution in [0, 0.1) is 0 Å². The Morgan fingerprint density at radius 1 is 0.540 bits per heavy atom. The highest BCUT2D eigenvalue weighted by Crippen LogP contribution is 2.16. The number of carbonyl (C=O) groups is 1. The predicted octanol–water partition coefficient (Wildman–Crippen LogP) is 11.6. The molecule has 50 heavy (non-hydrogen) atoms. The van der Waals surface area contributed by atoms with Gasteiger partial charge >= 0.3 is 0 Å². The lowest BCUT2D eigenvalue weighted by Crippen LogP contribution is -2.50. The first-order chi connectivity index (χ1) is 24.2. The zero-order chi connectivity index (χ0) is 37.0. The van der Waals surface area contributed by atoms with E-state index in [1.807, 2.05) is 6.08 Å². The standard InChI is InChI=1S/C42H83NO6S/c1-3-5-7-9-11-13-15-17-19-20-21-22-23-25-26-28-30-32-34-36-40(44)39(38-50(47,48)49)43-42(46)41(45)37-35-33-31-29-27-24-18-16-14-12-10-8-6-4-2/h34,36,39-41,44-45H,3-33,35,37-38H2,1-2H3,(H,43,46)(H,47,48,49)/b36-34+. The van der Waals surface area contributed by atoms with Gasteiger partial charge in [-0.1, -0.05) is 219 Å². The van der Waals surface area contributed by atoms with Gasteiger partial charge in [0, 0.05) is 0 Å². The number of aliphatic hydroxyl groups excluding tert-OH is 2. The molecule has 0 saturated carbocycles. The van der Waals surface area contributed by atoms with Crippen molar-refractivity contribution in [1.29, 1.82) is 0 Å². The highest BCUT2D eigenvalue weighted by atomic mass is 32.2. The lowest BCUT2D eigenvalue weighted by atomic mass is 10.0. The Hall–Kier alpha value is -0.960. The Labute approximate surface area is 310 Å². The van der Waals surface area contributed by atoms with Crippen molar-refractivity contribution >= 4 is 16.0 Å². The van der Waals surface area contributed by atoms with E-state index in [4.69, 9.17) is 0 Å². The van der Waals surface area contributed by atoms with Crippen LogP contribution in [0.1, 0.15) is 226 Å². The molecule has 298 valence electrons. The van der Waals surface area contributed by atoms with E-state index in [1.54, 1.807) is 0 Å². The molecule has 0 rings (SSSR count). The Morgan fingerprint density at radius 3 is 1.20 bits per heavy atom. The molecule has 0 fully saturated rings. The molecule has 8 heteroatoms. The maximum atomic E-state index is 12.6. The number of nitrogens with one attached hydrogen (secondary N) is 1. The zero-order valence-electron chi connectivity index (χ0n) is 32.9. The van der Waals surface area contributed by atoms with Crippen molar-refractivity contribution in [3.8, 4) is 0 Å². The minimum atomic E-state index is -4.44. The van der Waals surface area contributed by atoms with Crippen molar-refractivity contribution < 1.29 is 28.0 Å². The van der Waals surface area contributed by atoms with Crippen molar-refractivity contribution in [1.82, 2.24) is 5.32 Å². The second-order valence-corrected chi connectivity index (χ2v) is 16.6. The summed E-state index contributed by atoms with van der Waals surface area (Å²) in [7, 11) is -4.44. The average molecular weight is 730 g/mol. The summed E-state index contributed by atoms with van der Waals surface area (Å²) in [6, 6.07) is -1.23. The van der Waals surface area contributed by atoms with Crippen LogP contribution < -0.4 is 5.32 Å². The molecule has 1 amide bonds. The van der Waals surface area contributed by atoms with Crippen molar-refractivity contribution in [3.05, 3.63) is 12.2 Å². The highest BCUT2D eigenvalue weighted by Gasteiger charge is 2.27. The van der Waals surface area contributed by atoms with Crippen molar-refractivity contribution in [2.45, 2.75) is 244 Å². The lowest BCUT2D eigenvalue weighted by Gasteiger charge is -2.22. The third-order valence-electron chi connectivity index (χ3n) is 10.1. The summed E-state index contributed by atoms with van der Waals surface area (Å²) in [5.74, 6) is -1.52. The van der Waals surface area contributed by atoms with E-state index in [0.717, 1.165) is 38.5 Å². The number of rotatable bonds is 39. The molecular weight excluding hydrogens is 647 g/mol. The third kappa shape index (κ3) is 35.4. The fraction of sp³-hybridized carbons (Fsp3) is 0.929. The molecule has 3 unspecified atom stereocenters. The second kappa shape index (κ2) is 36.4. The van der Waals surface area contributed by atoms with Crippen LogP contribution in [0.25, 0.3) is 0 Å². The summed E-state index contributed by atoms with van der Waals surface area (Å²) in [6.45, 7) is 4.52. The number of aliphatic hydroxyl groups is 2. The van der Waals surface area contributed by atoms with Crippen molar-refractivity contribution in [2.24, 2.45) is 0 Å². The SMILES string of the molecule is CCCCCCCCCCCCCCCCCCC/C=C/C(O)C(CS(=O)(=O)O)NC(=O)C(O)CCCCCCCCCCCCCCCC. The highest BCUT2D eigenvalue weighted by molar-refractivity contribution is 7.85. The Bertz CT molecular complexity index is 864. The van der Waals surface area contributed by atoms with Crippen LogP contribution in [0.3, 0.4) is 0 Å². The van der Waals surface area contributed by atoms with E-state index < -0.39 is 40.0 Å². The second-order valence-electron chi connectivity index (χ2n) is 15.1. The molecule has 0 aliphatic rings. The Balaban J connectivity index is 3.98. The topological polar surface area (TPSA) is 124 Å². The van der Waals surface area contributed by atoms with Crippen molar-refractivity contribution in [2.75, 3.05) is 5.75 Å². The quantitative estimate of drug-likeness (QED) is 0.0284. The average Bonchev–Trinajstić information content (AvgIpc) is 3.08. The molecule has 0 aromatic carbocycles.